The first-order chi connectivity index (χ1) is 14.9. The number of aliphatic hydroxyl groups excluding tert-OH is 1. The fraction of sp³-hybridized carbons (Fsp3) is 0.227. The third-order valence-electron chi connectivity index (χ3n) is 5.35. The maximum atomic E-state index is 15.5. The molecule has 2 aromatic carbocycles. The lowest BCUT2D eigenvalue weighted by Crippen LogP contribution is -2.48. The summed E-state index contributed by atoms with van der Waals surface area (Å²) in [5, 5.41) is 9.76. The molecular formula is C22H19ClF2N4O2. The van der Waals surface area contributed by atoms with Crippen LogP contribution in [0, 0.1) is 11.6 Å². The number of aromatic nitrogens is 2. The SMILES string of the molecule is C=CC(=O)N1CCN(c2ncnc3c(F)c(-c4cc(CO)ccc4F)c(Cl)cc23)CC1. The summed E-state index contributed by atoms with van der Waals surface area (Å²) in [5.74, 6) is -1.07. The maximum absolute atomic E-state index is 15.5. The van der Waals surface area contributed by atoms with Gasteiger partial charge in [0, 0.05) is 42.7 Å². The minimum atomic E-state index is -0.763. The average molecular weight is 445 g/mol. The molecule has 31 heavy (non-hydrogen) atoms. The van der Waals surface area contributed by atoms with E-state index in [4.69, 9.17) is 11.6 Å². The predicted octanol–water partition coefficient (Wildman–Crippen LogP) is 3.56. The van der Waals surface area contributed by atoms with Crippen LogP contribution >= 0.6 is 11.6 Å². The van der Waals surface area contributed by atoms with Crippen LogP contribution in [0.2, 0.25) is 5.02 Å². The van der Waals surface area contributed by atoms with Crippen LogP contribution in [-0.2, 0) is 11.4 Å². The minimum Gasteiger partial charge on any atom is -0.392 e. The summed E-state index contributed by atoms with van der Waals surface area (Å²) in [5.41, 5.74) is 0.283. The Balaban J connectivity index is 1.77. The van der Waals surface area contributed by atoms with Crippen LogP contribution in [0.4, 0.5) is 14.6 Å². The van der Waals surface area contributed by atoms with E-state index in [1.54, 1.807) is 4.90 Å². The Morgan fingerprint density at radius 2 is 1.94 bits per heavy atom. The van der Waals surface area contributed by atoms with Crippen molar-refractivity contribution in [3.8, 4) is 11.1 Å². The van der Waals surface area contributed by atoms with E-state index in [0.717, 1.165) is 6.07 Å². The van der Waals surface area contributed by atoms with Crippen molar-refractivity contribution in [1.29, 1.82) is 0 Å². The molecular weight excluding hydrogens is 426 g/mol. The standard InChI is InChI=1S/C22H19ClF2N4O2/c1-2-18(31)28-5-7-29(8-6-28)22-15-10-16(23)19(20(25)21(15)26-12-27-22)14-9-13(11-30)3-4-17(14)24/h2-4,9-10,12,30H,1,5-8,11H2. The molecule has 1 aliphatic rings. The molecule has 0 unspecified atom stereocenters. The third kappa shape index (κ3) is 3.84. The molecule has 2 heterocycles. The van der Waals surface area contributed by atoms with E-state index >= 15 is 4.39 Å². The molecule has 4 rings (SSSR count). The largest absolute Gasteiger partial charge is 0.392 e. The molecule has 0 spiro atoms. The van der Waals surface area contributed by atoms with Crippen molar-refractivity contribution in [2.24, 2.45) is 0 Å². The molecule has 1 aromatic heterocycles. The van der Waals surface area contributed by atoms with Gasteiger partial charge in [0.1, 0.15) is 23.5 Å². The highest BCUT2D eigenvalue weighted by atomic mass is 35.5. The molecule has 0 bridgehead atoms. The second-order valence-corrected chi connectivity index (χ2v) is 7.54. The zero-order chi connectivity index (χ0) is 22.1. The smallest absolute Gasteiger partial charge is 0.246 e. The fourth-order valence-corrected chi connectivity index (χ4v) is 4.04. The van der Waals surface area contributed by atoms with Crippen LogP contribution in [0.5, 0.6) is 0 Å². The Labute approximate surface area is 182 Å². The van der Waals surface area contributed by atoms with E-state index in [1.165, 1.54) is 30.6 Å². The number of anilines is 1. The number of nitrogens with zero attached hydrogens (tertiary/aromatic N) is 4. The van der Waals surface area contributed by atoms with Crippen LogP contribution < -0.4 is 4.90 Å². The summed E-state index contributed by atoms with van der Waals surface area (Å²) in [4.78, 5) is 23.8. The van der Waals surface area contributed by atoms with Crippen LogP contribution in [0.3, 0.4) is 0 Å². The van der Waals surface area contributed by atoms with Gasteiger partial charge in [-0.25, -0.2) is 18.7 Å². The van der Waals surface area contributed by atoms with Crippen molar-refractivity contribution >= 4 is 34.2 Å². The normalized spacial score (nSPS) is 14.2. The zero-order valence-corrected chi connectivity index (χ0v) is 17.2. The second kappa shape index (κ2) is 8.56. The summed E-state index contributed by atoms with van der Waals surface area (Å²) in [6.07, 6.45) is 2.53. The Morgan fingerprint density at radius 1 is 1.19 bits per heavy atom. The number of hydrogen-bond donors (Lipinski definition) is 1. The van der Waals surface area contributed by atoms with Crippen LogP contribution in [0.25, 0.3) is 22.0 Å². The van der Waals surface area contributed by atoms with Gasteiger partial charge in [-0.3, -0.25) is 4.79 Å². The van der Waals surface area contributed by atoms with Gasteiger partial charge in [-0.1, -0.05) is 24.2 Å². The third-order valence-corrected chi connectivity index (χ3v) is 5.65. The molecule has 1 N–H and O–H groups in total. The molecule has 9 heteroatoms. The number of hydrogen-bond acceptors (Lipinski definition) is 5. The highest BCUT2D eigenvalue weighted by Gasteiger charge is 2.25. The first-order valence-electron chi connectivity index (χ1n) is 9.63. The Kier molecular flexibility index (Phi) is 5.84. The minimum absolute atomic E-state index is 0.00973. The molecule has 0 atom stereocenters. The highest BCUT2D eigenvalue weighted by Crippen LogP contribution is 2.39. The van der Waals surface area contributed by atoms with Crippen molar-refractivity contribution in [3.63, 3.8) is 0 Å². The Hall–Kier alpha value is -3.10. The summed E-state index contributed by atoms with van der Waals surface area (Å²) in [6.45, 7) is 5.14. The molecule has 0 aliphatic carbocycles. The van der Waals surface area contributed by atoms with Crippen molar-refractivity contribution in [2.45, 2.75) is 6.61 Å². The van der Waals surface area contributed by atoms with E-state index in [0.29, 0.717) is 42.9 Å². The second-order valence-electron chi connectivity index (χ2n) is 7.13. The molecule has 160 valence electrons. The van der Waals surface area contributed by atoms with Gasteiger partial charge in [-0.15, -0.1) is 0 Å². The fourth-order valence-electron chi connectivity index (χ4n) is 3.75. The average Bonchev–Trinajstić information content (AvgIpc) is 2.79. The van der Waals surface area contributed by atoms with E-state index < -0.39 is 11.6 Å². The number of carbonyl (C=O) groups is 1. The number of halogens is 3. The number of rotatable bonds is 4. The summed E-state index contributed by atoms with van der Waals surface area (Å²) in [7, 11) is 0. The number of amides is 1. The van der Waals surface area contributed by atoms with E-state index in [2.05, 4.69) is 16.5 Å². The monoisotopic (exact) mass is 444 g/mol. The van der Waals surface area contributed by atoms with Gasteiger partial charge < -0.3 is 14.9 Å². The summed E-state index contributed by atoms with van der Waals surface area (Å²) >= 11 is 6.40. The number of piperazine rings is 1. The van der Waals surface area contributed by atoms with E-state index in [9.17, 15) is 14.3 Å². The molecule has 0 saturated carbocycles. The van der Waals surface area contributed by atoms with Crippen LogP contribution in [0.15, 0.2) is 43.2 Å². The Bertz CT molecular complexity index is 1180. The Morgan fingerprint density at radius 3 is 2.61 bits per heavy atom. The van der Waals surface area contributed by atoms with Gasteiger partial charge in [-0.2, -0.15) is 0 Å². The van der Waals surface area contributed by atoms with Gasteiger partial charge in [0.25, 0.3) is 0 Å². The first kappa shape index (κ1) is 21.1. The molecule has 1 amide bonds. The number of fused-ring (bicyclic) bond motifs is 1. The topological polar surface area (TPSA) is 69.6 Å². The summed E-state index contributed by atoms with van der Waals surface area (Å²) in [6, 6.07) is 5.47. The van der Waals surface area contributed by atoms with E-state index in [-0.39, 0.29) is 34.2 Å². The lowest BCUT2D eigenvalue weighted by molar-refractivity contribution is -0.126. The van der Waals surface area contributed by atoms with Crippen molar-refractivity contribution < 1.29 is 18.7 Å². The number of aliphatic hydroxyl groups is 1. The molecule has 6 nitrogen and oxygen atoms in total. The molecule has 1 fully saturated rings. The first-order valence-corrected chi connectivity index (χ1v) is 10.0. The van der Waals surface area contributed by atoms with Gasteiger partial charge >= 0.3 is 0 Å². The lowest BCUT2D eigenvalue weighted by atomic mass is 10.00. The maximum Gasteiger partial charge on any atom is 0.246 e. The molecule has 1 saturated heterocycles. The predicted molar refractivity (Wildman–Crippen MR) is 115 cm³/mol. The van der Waals surface area contributed by atoms with E-state index in [1.807, 2.05) is 4.90 Å². The van der Waals surface area contributed by atoms with Gasteiger partial charge in [-0.05, 0) is 29.8 Å². The van der Waals surface area contributed by atoms with Crippen LogP contribution in [0.1, 0.15) is 5.56 Å². The molecule has 1 aliphatic heterocycles. The zero-order valence-electron chi connectivity index (χ0n) is 16.5. The van der Waals surface area contributed by atoms with Crippen molar-refractivity contribution in [2.75, 3.05) is 31.1 Å². The van der Waals surface area contributed by atoms with Gasteiger partial charge in [0.2, 0.25) is 5.91 Å². The number of carbonyl (C=O) groups excluding carboxylic acids is 1. The van der Waals surface area contributed by atoms with Crippen molar-refractivity contribution in [3.05, 3.63) is 65.5 Å². The number of benzene rings is 2. The van der Waals surface area contributed by atoms with Crippen LogP contribution in [-0.4, -0.2) is 52.1 Å². The molecule has 0 radical (unpaired) electrons. The van der Waals surface area contributed by atoms with Gasteiger partial charge in [0.15, 0.2) is 5.82 Å². The summed E-state index contributed by atoms with van der Waals surface area (Å²) < 4.78 is 30.0. The highest BCUT2D eigenvalue weighted by molar-refractivity contribution is 6.34. The molecule has 3 aromatic rings. The quantitative estimate of drug-likeness (QED) is 0.623. The lowest BCUT2D eigenvalue weighted by Gasteiger charge is -2.35. The van der Waals surface area contributed by atoms with Gasteiger partial charge in [0.05, 0.1) is 11.6 Å². The van der Waals surface area contributed by atoms with Crippen molar-refractivity contribution in [1.82, 2.24) is 14.9 Å².